The van der Waals surface area contributed by atoms with Crippen LogP contribution in [0.15, 0.2) is 41.1 Å². The number of nitrogens with zero attached hydrogens (tertiary/aromatic N) is 3. The molecular weight excluding hydrogens is 352 g/mol. The third-order valence-electron chi connectivity index (χ3n) is 3.62. The number of hydrogen-bond acceptors (Lipinski definition) is 4. The predicted molar refractivity (Wildman–Crippen MR) is 90.0 cm³/mol. The first-order valence-corrected chi connectivity index (χ1v) is 8.13. The molecular formula is C15H16BrClN4. The molecule has 4 nitrogen and oxygen atoms in total. The Morgan fingerprint density at radius 1 is 1.19 bits per heavy atom. The standard InChI is InChI=1S/C15H16BrClN4/c16-11-2-3-14(13(17)10-11)20-12-4-8-21(9-5-12)15-18-6-1-7-19-15/h1-3,6-7,10,12,20H,4-5,8-9H2. The van der Waals surface area contributed by atoms with Crippen molar-refractivity contribution in [1.29, 1.82) is 0 Å². The molecule has 3 rings (SSSR count). The quantitative estimate of drug-likeness (QED) is 0.891. The first-order valence-electron chi connectivity index (χ1n) is 6.96. The van der Waals surface area contributed by atoms with Crippen molar-refractivity contribution in [3.63, 3.8) is 0 Å². The Morgan fingerprint density at radius 2 is 1.90 bits per heavy atom. The third-order valence-corrected chi connectivity index (χ3v) is 4.43. The first-order chi connectivity index (χ1) is 10.2. The van der Waals surface area contributed by atoms with Gasteiger partial charge in [-0.25, -0.2) is 9.97 Å². The van der Waals surface area contributed by atoms with Crippen LogP contribution >= 0.6 is 27.5 Å². The lowest BCUT2D eigenvalue weighted by Crippen LogP contribution is -2.39. The van der Waals surface area contributed by atoms with Crippen molar-refractivity contribution >= 4 is 39.2 Å². The second kappa shape index (κ2) is 6.62. The summed E-state index contributed by atoms with van der Waals surface area (Å²) in [5.74, 6) is 0.817. The summed E-state index contributed by atoms with van der Waals surface area (Å²) < 4.78 is 0.995. The zero-order chi connectivity index (χ0) is 14.7. The fourth-order valence-corrected chi connectivity index (χ4v) is 3.23. The number of anilines is 2. The molecule has 1 fully saturated rings. The van der Waals surface area contributed by atoms with E-state index in [1.165, 1.54) is 0 Å². The molecule has 2 heterocycles. The highest BCUT2D eigenvalue weighted by atomic mass is 79.9. The van der Waals surface area contributed by atoms with Gasteiger partial charge in [-0.2, -0.15) is 0 Å². The number of aromatic nitrogens is 2. The highest BCUT2D eigenvalue weighted by Gasteiger charge is 2.21. The number of hydrogen-bond donors (Lipinski definition) is 1. The summed E-state index contributed by atoms with van der Waals surface area (Å²) in [6.07, 6.45) is 5.66. The first kappa shape index (κ1) is 14.6. The fraction of sp³-hybridized carbons (Fsp3) is 0.333. The summed E-state index contributed by atoms with van der Waals surface area (Å²) in [5, 5.41) is 4.28. The molecule has 2 aromatic rings. The van der Waals surface area contributed by atoms with E-state index >= 15 is 0 Å². The van der Waals surface area contributed by atoms with Gasteiger partial charge in [0.2, 0.25) is 5.95 Å². The number of nitrogens with one attached hydrogen (secondary N) is 1. The highest BCUT2D eigenvalue weighted by Crippen LogP contribution is 2.28. The molecule has 1 N–H and O–H groups in total. The van der Waals surface area contributed by atoms with Crippen LogP contribution in [0.25, 0.3) is 0 Å². The Hall–Kier alpha value is -1.33. The van der Waals surface area contributed by atoms with Crippen molar-refractivity contribution in [2.24, 2.45) is 0 Å². The van der Waals surface area contributed by atoms with Crippen molar-refractivity contribution in [3.05, 3.63) is 46.2 Å². The van der Waals surface area contributed by atoms with E-state index in [0.717, 1.165) is 47.1 Å². The molecule has 0 saturated carbocycles. The molecule has 0 spiro atoms. The molecule has 0 unspecified atom stereocenters. The molecule has 0 amide bonds. The average Bonchev–Trinajstić information content (AvgIpc) is 2.52. The van der Waals surface area contributed by atoms with Crippen LogP contribution < -0.4 is 10.2 Å². The Balaban J connectivity index is 1.59. The van der Waals surface area contributed by atoms with Gasteiger partial charge in [-0.1, -0.05) is 27.5 Å². The zero-order valence-electron chi connectivity index (χ0n) is 11.5. The van der Waals surface area contributed by atoms with Gasteiger partial charge in [0, 0.05) is 36.0 Å². The van der Waals surface area contributed by atoms with E-state index in [2.05, 4.69) is 36.1 Å². The van der Waals surface area contributed by atoms with E-state index < -0.39 is 0 Å². The van der Waals surface area contributed by atoms with Gasteiger partial charge < -0.3 is 10.2 Å². The van der Waals surface area contributed by atoms with Gasteiger partial charge in [-0.05, 0) is 37.1 Å². The number of benzene rings is 1. The van der Waals surface area contributed by atoms with Crippen LogP contribution in [-0.4, -0.2) is 29.1 Å². The minimum Gasteiger partial charge on any atom is -0.381 e. The molecule has 0 aliphatic carbocycles. The lowest BCUT2D eigenvalue weighted by atomic mass is 10.0. The molecule has 0 atom stereocenters. The smallest absolute Gasteiger partial charge is 0.225 e. The summed E-state index contributed by atoms with van der Waals surface area (Å²) in [7, 11) is 0. The van der Waals surface area contributed by atoms with Crippen LogP contribution in [0.3, 0.4) is 0 Å². The van der Waals surface area contributed by atoms with Crippen molar-refractivity contribution < 1.29 is 0 Å². The summed E-state index contributed by atoms with van der Waals surface area (Å²) in [5.41, 5.74) is 0.995. The third kappa shape index (κ3) is 3.66. The summed E-state index contributed by atoms with van der Waals surface area (Å²) in [4.78, 5) is 10.8. The Labute approximate surface area is 137 Å². The van der Waals surface area contributed by atoms with Crippen molar-refractivity contribution in [1.82, 2.24) is 9.97 Å². The van der Waals surface area contributed by atoms with Gasteiger partial charge in [0.1, 0.15) is 0 Å². The molecule has 1 aromatic heterocycles. The molecule has 0 radical (unpaired) electrons. The zero-order valence-corrected chi connectivity index (χ0v) is 13.8. The SMILES string of the molecule is Clc1cc(Br)ccc1NC1CCN(c2ncccn2)CC1. The Bertz CT molecular complexity index is 600. The van der Waals surface area contributed by atoms with Crippen molar-refractivity contribution in [3.8, 4) is 0 Å². The molecule has 1 aromatic carbocycles. The van der Waals surface area contributed by atoms with Crippen LogP contribution in [0.5, 0.6) is 0 Å². The van der Waals surface area contributed by atoms with Crippen LogP contribution in [-0.2, 0) is 0 Å². The van der Waals surface area contributed by atoms with Crippen molar-refractivity contribution in [2.45, 2.75) is 18.9 Å². The number of piperidine rings is 1. The van der Waals surface area contributed by atoms with Gasteiger partial charge in [-0.3, -0.25) is 0 Å². The maximum absolute atomic E-state index is 6.25. The molecule has 21 heavy (non-hydrogen) atoms. The molecule has 1 aliphatic heterocycles. The molecule has 0 bridgehead atoms. The summed E-state index contributed by atoms with van der Waals surface area (Å²) in [6.45, 7) is 1.91. The molecule has 6 heteroatoms. The van der Waals surface area contributed by atoms with Crippen LogP contribution in [0.1, 0.15) is 12.8 Å². The van der Waals surface area contributed by atoms with E-state index in [1.54, 1.807) is 12.4 Å². The largest absolute Gasteiger partial charge is 0.381 e. The number of rotatable bonds is 3. The minimum absolute atomic E-state index is 0.434. The molecule has 1 aliphatic rings. The molecule has 110 valence electrons. The lowest BCUT2D eigenvalue weighted by molar-refractivity contribution is 0.520. The lowest BCUT2D eigenvalue weighted by Gasteiger charge is -2.33. The van der Waals surface area contributed by atoms with Crippen molar-refractivity contribution in [2.75, 3.05) is 23.3 Å². The van der Waals surface area contributed by atoms with E-state index in [-0.39, 0.29) is 0 Å². The van der Waals surface area contributed by atoms with E-state index in [9.17, 15) is 0 Å². The maximum Gasteiger partial charge on any atom is 0.225 e. The monoisotopic (exact) mass is 366 g/mol. The van der Waals surface area contributed by atoms with Gasteiger partial charge in [-0.15, -0.1) is 0 Å². The number of halogens is 2. The van der Waals surface area contributed by atoms with Gasteiger partial charge in [0.05, 0.1) is 10.7 Å². The van der Waals surface area contributed by atoms with Crippen LogP contribution in [0.2, 0.25) is 5.02 Å². The fourth-order valence-electron chi connectivity index (χ4n) is 2.50. The van der Waals surface area contributed by atoms with E-state index in [4.69, 9.17) is 11.6 Å². The predicted octanol–water partition coefficient (Wildman–Crippen LogP) is 3.97. The van der Waals surface area contributed by atoms with Gasteiger partial charge in [0.15, 0.2) is 0 Å². The average molecular weight is 368 g/mol. The maximum atomic E-state index is 6.25. The topological polar surface area (TPSA) is 41.0 Å². The Morgan fingerprint density at radius 3 is 2.57 bits per heavy atom. The minimum atomic E-state index is 0.434. The van der Waals surface area contributed by atoms with E-state index in [0.29, 0.717) is 6.04 Å². The molecule has 1 saturated heterocycles. The Kier molecular flexibility index (Phi) is 4.60. The normalized spacial score (nSPS) is 16.0. The van der Waals surface area contributed by atoms with Crippen LogP contribution in [0.4, 0.5) is 11.6 Å². The summed E-state index contributed by atoms with van der Waals surface area (Å²) in [6, 6.07) is 8.20. The highest BCUT2D eigenvalue weighted by molar-refractivity contribution is 9.10. The van der Waals surface area contributed by atoms with Gasteiger partial charge in [0.25, 0.3) is 0 Å². The van der Waals surface area contributed by atoms with E-state index in [1.807, 2.05) is 24.3 Å². The van der Waals surface area contributed by atoms with Crippen LogP contribution in [0, 0.1) is 0 Å². The van der Waals surface area contributed by atoms with Gasteiger partial charge >= 0.3 is 0 Å². The second-order valence-electron chi connectivity index (χ2n) is 5.08. The second-order valence-corrected chi connectivity index (χ2v) is 6.40. The summed E-state index contributed by atoms with van der Waals surface area (Å²) >= 11 is 9.67.